The fourth-order valence-corrected chi connectivity index (χ4v) is 5.12. The Bertz CT molecular complexity index is 1420. The molecule has 0 aliphatic carbocycles. The molecule has 3 rings (SSSR count). The number of hydrogen-bond donors (Lipinski definition) is 2. The summed E-state index contributed by atoms with van der Waals surface area (Å²) in [5.74, 6) is -0.0988. The van der Waals surface area contributed by atoms with E-state index in [9.17, 15) is 21.6 Å². The molecule has 0 aliphatic rings. The smallest absolute Gasteiger partial charge is 0.262 e. The number of methoxy groups -OCH3 is 1. The lowest BCUT2D eigenvalue weighted by Gasteiger charge is -2.13. The Morgan fingerprint density at radius 3 is 2.15 bits per heavy atom. The van der Waals surface area contributed by atoms with Crippen LogP contribution in [0, 0.1) is 6.92 Å². The van der Waals surface area contributed by atoms with Gasteiger partial charge in [0, 0.05) is 17.6 Å². The van der Waals surface area contributed by atoms with Gasteiger partial charge in [-0.2, -0.15) is 0 Å². The molecule has 0 saturated carbocycles. The first kappa shape index (κ1) is 24.6. The molecule has 0 spiro atoms. The Labute approximate surface area is 197 Å². The SMILES string of the molecule is COc1ccc(NS(=O)(=O)c2cc(NC(=O)c3cc(S(C)(=O)=O)ccc3Cl)ccc2C)cc1. The van der Waals surface area contributed by atoms with E-state index in [1.807, 2.05) is 0 Å². The van der Waals surface area contributed by atoms with Crippen molar-refractivity contribution < 1.29 is 26.4 Å². The third kappa shape index (κ3) is 5.84. The number of halogens is 1. The van der Waals surface area contributed by atoms with Gasteiger partial charge in [-0.05, 0) is 67.1 Å². The van der Waals surface area contributed by atoms with Gasteiger partial charge in [0.05, 0.1) is 27.5 Å². The van der Waals surface area contributed by atoms with Crippen LogP contribution in [-0.4, -0.2) is 36.1 Å². The zero-order valence-corrected chi connectivity index (χ0v) is 20.3. The number of sulfone groups is 1. The Morgan fingerprint density at radius 2 is 1.55 bits per heavy atom. The molecule has 0 aromatic heterocycles. The lowest BCUT2D eigenvalue weighted by atomic mass is 10.2. The number of rotatable bonds is 7. The summed E-state index contributed by atoms with van der Waals surface area (Å²) in [5.41, 5.74) is 0.947. The van der Waals surface area contributed by atoms with Crippen LogP contribution in [0.15, 0.2) is 70.5 Å². The second-order valence-corrected chi connectivity index (χ2v) is 11.3. The van der Waals surface area contributed by atoms with Gasteiger partial charge in [0.1, 0.15) is 5.75 Å². The van der Waals surface area contributed by atoms with E-state index < -0.39 is 25.8 Å². The fourth-order valence-electron chi connectivity index (χ4n) is 2.94. The molecular weight excluding hydrogens is 488 g/mol. The topological polar surface area (TPSA) is 119 Å². The first-order valence-electron chi connectivity index (χ1n) is 9.49. The monoisotopic (exact) mass is 508 g/mol. The van der Waals surface area contributed by atoms with Crippen LogP contribution in [0.25, 0.3) is 0 Å². The van der Waals surface area contributed by atoms with Crippen LogP contribution < -0.4 is 14.8 Å². The third-order valence-corrected chi connectivity index (χ3v) is 7.65. The summed E-state index contributed by atoms with van der Waals surface area (Å²) >= 11 is 6.08. The highest BCUT2D eigenvalue weighted by molar-refractivity contribution is 7.92. The van der Waals surface area contributed by atoms with Gasteiger partial charge in [0.15, 0.2) is 9.84 Å². The van der Waals surface area contributed by atoms with Crippen LogP contribution in [0.1, 0.15) is 15.9 Å². The van der Waals surface area contributed by atoms with Gasteiger partial charge in [-0.25, -0.2) is 16.8 Å². The minimum atomic E-state index is -3.97. The van der Waals surface area contributed by atoms with Crippen molar-refractivity contribution in [2.75, 3.05) is 23.4 Å². The molecule has 3 aromatic rings. The largest absolute Gasteiger partial charge is 0.497 e. The number of carbonyl (C=O) groups excluding carboxylic acids is 1. The van der Waals surface area contributed by atoms with Crippen molar-refractivity contribution in [1.29, 1.82) is 0 Å². The highest BCUT2D eigenvalue weighted by atomic mass is 35.5. The molecule has 8 nitrogen and oxygen atoms in total. The van der Waals surface area contributed by atoms with Gasteiger partial charge in [0.2, 0.25) is 0 Å². The van der Waals surface area contributed by atoms with Crippen LogP contribution in [0.2, 0.25) is 5.02 Å². The Balaban J connectivity index is 1.89. The van der Waals surface area contributed by atoms with Crippen molar-refractivity contribution in [2.24, 2.45) is 0 Å². The van der Waals surface area contributed by atoms with Crippen LogP contribution in [0.5, 0.6) is 5.75 Å². The molecule has 0 aliphatic heterocycles. The van der Waals surface area contributed by atoms with E-state index in [0.717, 1.165) is 6.26 Å². The van der Waals surface area contributed by atoms with Gasteiger partial charge < -0.3 is 10.1 Å². The maximum Gasteiger partial charge on any atom is 0.262 e. The summed E-state index contributed by atoms with van der Waals surface area (Å²) in [6, 6.07) is 14.6. The van der Waals surface area contributed by atoms with E-state index >= 15 is 0 Å². The van der Waals surface area contributed by atoms with Gasteiger partial charge in [-0.15, -0.1) is 0 Å². The Kier molecular flexibility index (Phi) is 7.01. The molecule has 11 heteroatoms. The lowest BCUT2D eigenvalue weighted by Crippen LogP contribution is -2.16. The van der Waals surface area contributed by atoms with Crippen molar-refractivity contribution in [3.8, 4) is 5.75 Å². The zero-order chi connectivity index (χ0) is 24.4. The zero-order valence-electron chi connectivity index (χ0n) is 17.9. The fraction of sp³-hybridized carbons (Fsp3) is 0.136. The van der Waals surface area contributed by atoms with E-state index in [1.54, 1.807) is 37.3 Å². The molecule has 0 radical (unpaired) electrons. The Hall–Kier alpha value is -3.08. The second-order valence-electron chi connectivity index (χ2n) is 7.18. The molecule has 1 amide bonds. The predicted molar refractivity (Wildman–Crippen MR) is 127 cm³/mol. The molecular formula is C22H21ClN2O6S2. The van der Waals surface area contributed by atoms with Gasteiger partial charge in [-0.1, -0.05) is 17.7 Å². The number of benzene rings is 3. The van der Waals surface area contributed by atoms with Crippen molar-refractivity contribution in [1.82, 2.24) is 0 Å². The number of anilines is 2. The van der Waals surface area contributed by atoms with E-state index in [2.05, 4.69) is 10.0 Å². The Morgan fingerprint density at radius 1 is 0.909 bits per heavy atom. The average Bonchev–Trinajstić information content (AvgIpc) is 2.74. The first-order valence-corrected chi connectivity index (χ1v) is 13.2. The molecule has 0 fully saturated rings. The van der Waals surface area contributed by atoms with E-state index in [4.69, 9.17) is 16.3 Å². The van der Waals surface area contributed by atoms with Crippen LogP contribution >= 0.6 is 11.6 Å². The molecule has 0 heterocycles. The van der Waals surface area contributed by atoms with Crippen molar-refractivity contribution in [3.63, 3.8) is 0 Å². The predicted octanol–water partition coefficient (Wildman–Crippen LogP) is 4.11. The molecule has 0 saturated heterocycles. The normalized spacial score (nSPS) is 11.6. The molecule has 0 atom stereocenters. The number of ether oxygens (including phenoxy) is 1. The van der Waals surface area contributed by atoms with Crippen LogP contribution in [0.4, 0.5) is 11.4 Å². The summed E-state index contributed by atoms with van der Waals surface area (Å²) < 4.78 is 57.1. The number of nitrogens with one attached hydrogen (secondary N) is 2. The molecule has 0 unspecified atom stereocenters. The third-order valence-electron chi connectivity index (χ3n) is 4.69. The molecule has 0 bridgehead atoms. The highest BCUT2D eigenvalue weighted by Crippen LogP contribution is 2.26. The summed E-state index contributed by atoms with van der Waals surface area (Å²) in [5, 5.41) is 2.63. The van der Waals surface area contributed by atoms with E-state index in [0.29, 0.717) is 17.0 Å². The van der Waals surface area contributed by atoms with E-state index in [1.165, 1.54) is 37.4 Å². The molecule has 2 N–H and O–H groups in total. The van der Waals surface area contributed by atoms with Crippen LogP contribution in [-0.2, 0) is 19.9 Å². The minimum absolute atomic E-state index is 0.0351. The van der Waals surface area contributed by atoms with Gasteiger partial charge in [0.25, 0.3) is 15.9 Å². The summed E-state index contributed by atoms with van der Waals surface area (Å²) in [7, 11) is -6.01. The maximum atomic E-state index is 13.0. The quantitative estimate of drug-likeness (QED) is 0.495. The standard InChI is InChI=1S/C22H21ClN2O6S2/c1-14-4-5-16(24-22(26)19-13-18(32(3,27)28)10-11-20(19)23)12-21(14)33(29,30)25-15-6-8-17(31-2)9-7-15/h4-13,25H,1-3H3,(H,24,26). The number of hydrogen-bond acceptors (Lipinski definition) is 6. The average molecular weight is 509 g/mol. The van der Waals surface area contributed by atoms with E-state index in [-0.39, 0.29) is 26.1 Å². The summed E-state index contributed by atoms with van der Waals surface area (Å²) in [4.78, 5) is 12.6. The number of amides is 1. The molecule has 174 valence electrons. The summed E-state index contributed by atoms with van der Waals surface area (Å²) in [6.07, 6.45) is 1.02. The molecule has 3 aromatic carbocycles. The number of sulfonamides is 1. The maximum absolute atomic E-state index is 13.0. The minimum Gasteiger partial charge on any atom is -0.497 e. The van der Waals surface area contributed by atoms with Gasteiger partial charge >= 0.3 is 0 Å². The second kappa shape index (κ2) is 9.42. The summed E-state index contributed by atoms with van der Waals surface area (Å²) in [6.45, 7) is 1.63. The lowest BCUT2D eigenvalue weighted by molar-refractivity contribution is 0.102. The number of carbonyl (C=O) groups is 1. The highest BCUT2D eigenvalue weighted by Gasteiger charge is 2.20. The van der Waals surface area contributed by atoms with Crippen LogP contribution in [0.3, 0.4) is 0 Å². The first-order chi connectivity index (χ1) is 15.4. The van der Waals surface area contributed by atoms with Crippen molar-refractivity contribution in [2.45, 2.75) is 16.7 Å². The molecule has 33 heavy (non-hydrogen) atoms. The van der Waals surface area contributed by atoms with Gasteiger partial charge in [-0.3, -0.25) is 9.52 Å². The van der Waals surface area contributed by atoms with Crippen molar-refractivity contribution >= 4 is 48.7 Å². The van der Waals surface area contributed by atoms with Crippen molar-refractivity contribution in [3.05, 3.63) is 76.8 Å². The number of aryl methyl sites for hydroxylation is 1.